The molecule has 2 atom stereocenters. The number of nitrogens with one attached hydrogen (secondary N) is 2. The maximum absolute atomic E-state index is 13.0. The van der Waals surface area contributed by atoms with Crippen molar-refractivity contribution >= 4 is 45.9 Å². The third-order valence-corrected chi connectivity index (χ3v) is 7.29. The van der Waals surface area contributed by atoms with Crippen LogP contribution in [0.3, 0.4) is 0 Å². The number of hydrogen-bond acceptors (Lipinski definition) is 4. The SMILES string of the molecule is O=C(NC1CCCCC1NC(=O)c1ccc2nc(Cl)ccc2c1)c1ccc(N2CCCCC2=O)cc1. The Hall–Kier alpha value is -3.45. The highest BCUT2D eigenvalue weighted by Gasteiger charge is 2.29. The van der Waals surface area contributed by atoms with Gasteiger partial charge in [-0.15, -0.1) is 0 Å². The highest BCUT2D eigenvalue weighted by molar-refractivity contribution is 6.29. The number of carbonyl (C=O) groups excluding carboxylic acids is 3. The molecule has 1 aromatic heterocycles. The minimum atomic E-state index is -0.175. The minimum Gasteiger partial charge on any atom is -0.347 e. The van der Waals surface area contributed by atoms with Crippen molar-refractivity contribution in [2.75, 3.05) is 11.4 Å². The van der Waals surface area contributed by atoms with Crippen LogP contribution in [-0.2, 0) is 4.79 Å². The molecule has 1 saturated heterocycles. The molecule has 7 nitrogen and oxygen atoms in total. The fourth-order valence-corrected chi connectivity index (χ4v) is 5.25. The number of anilines is 1. The first-order valence-corrected chi connectivity index (χ1v) is 12.9. The van der Waals surface area contributed by atoms with Gasteiger partial charge in [0.2, 0.25) is 5.91 Å². The summed E-state index contributed by atoms with van der Waals surface area (Å²) in [6.07, 6.45) is 6.09. The van der Waals surface area contributed by atoms with E-state index in [1.807, 2.05) is 18.2 Å². The molecule has 8 heteroatoms. The van der Waals surface area contributed by atoms with Crippen LogP contribution in [0.25, 0.3) is 10.9 Å². The van der Waals surface area contributed by atoms with Gasteiger partial charge in [-0.2, -0.15) is 0 Å². The standard InChI is InChI=1S/C28H29ClN4O3/c29-25-15-11-19-17-20(10-14-22(19)30-25)28(36)32-24-6-2-1-5-23(24)31-27(35)18-8-12-21(13-9-18)33-16-4-3-7-26(33)34/h8-15,17,23-24H,1-7,16H2,(H,31,35)(H,32,36). The molecular weight excluding hydrogens is 476 g/mol. The molecule has 1 saturated carbocycles. The van der Waals surface area contributed by atoms with E-state index in [0.29, 0.717) is 22.7 Å². The Bertz CT molecular complexity index is 1290. The van der Waals surface area contributed by atoms with Crippen molar-refractivity contribution in [1.82, 2.24) is 15.6 Å². The number of rotatable bonds is 5. The molecule has 2 aromatic carbocycles. The summed E-state index contributed by atoms with van der Waals surface area (Å²) in [6, 6.07) is 15.8. The van der Waals surface area contributed by atoms with Crippen molar-refractivity contribution in [3.05, 3.63) is 70.9 Å². The molecule has 1 aliphatic heterocycles. The summed E-state index contributed by atoms with van der Waals surface area (Å²) in [5.74, 6) is -0.217. The van der Waals surface area contributed by atoms with Gasteiger partial charge in [-0.05, 0) is 80.3 Å². The van der Waals surface area contributed by atoms with Crippen LogP contribution in [-0.4, -0.2) is 41.3 Å². The number of nitrogens with zero attached hydrogens (tertiary/aromatic N) is 2. The van der Waals surface area contributed by atoms with Crippen LogP contribution in [0, 0.1) is 0 Å². The van der Waals surface area contributed by atoms with Gasteiger partial charge in [-0.1, -0.05) is 24.4 Å². The second kappa shape index (κ2) is 10.7. The lowest BCUT2D eigenvalue weighted by Gasteiger charge is -2.33. The molecule has 2 aliphatic rings. The van der Waals surface area contributed by atoms with Crippen molar-refractivity contribution in [1.29, 1.82) is 0 Å². The molecule has 0 spiro atoms. The summed E-state index contributed by atoms with van der Waals surface area (Å²) in [6.45, 7) is 0.718. The lowest BCUT2D eigenvalue weighted by Crippen LogP contribution is -2.53. The quantitative estimate of drug-likeness (QED) is 0.485. The molecule has 0 radical (unpaired) electrons. The molecule has 36 heavy (non-hydrogen) atoms. The van der Waals surface area contributed by atoms with Crippen LogP contribution in [0.15, 0.2) is 54.6 Å². The second-order valence-electron chi connectivity index (χ2n) is 9.54. The molecule has 186 valence electrons. The van der Waals surface area contributed by atoms with Crippen LogP contribution in [0.2, 0.25) is 5.15 Å². The largest absolute Gasteiger partial charge is 0.347 e. The second-order valence-corrected chi connectivity index (χ2v) is 9.92. The van der Waals surface area contributed by atoms with E-state index < -0.39 is 0 Å². The molecule has 2 N–H and O–H groups in total. The van der Waals surface area contributed by atoms with Gasteiger partial charge in [0.1, 0.15) is 5.15 Å². The lowest BCUT2D eigenvalue weighted by molar-refractivity contribution is -0.119. The Morgan fingerprint density at radius 3 is 2.19 bits per heavy atom. The average Bonchev–Trinajstić information content (AvgIpc) is 2.90. The first-order chi connectivity index (χ1) is 17.5. The Kier molecular flexibility index (Phi) is 7.18. The molecule has 0 bridgehead atoms. The fourth-order valence-electron chi connectivity index (χ4n) is 5.09. The number of piperidine rings is 1. The van der Waals surface area contributed by atoms with Gasteiger partial charge < -0.3 is 15.5 Å². The number of benzene rings is 2. The van der Waals surface area contributed by atoms with Gasteiger partial charge >= 0.3 is 0 Å². The van der Waals surface area contributed by atoms with Crippen molar-refractivity contribution in [3.63, 3.8) is 0 Å². The van der Waals surface area contributed by atoms with E-state index in [1.165, 1.54) is 0 Å². The summed E-state index contributed by atoms with van der Waals surface area (Å²) in [5.41, 5.74) is 2.65. The van der Waals surface area contributed by atoms with E-state index in [9.17, 15) is 14.4 Å². The van der Waals surface area contributed by atoms with Crippen molar-refractivity contribution < 1.29 is 14.4 Å². The molecular formula is C28H29ClN4O3. The summed E-state index contributed by atoms with van der Waals surface area (Å²) >= 11 is 5.96. The van der Waals surface area contributed by atoms with E-state index >= 15 is 0 Å². The van der Waals surface area contributed by atoms with Gasteiger partial charge in [-0.3, -0.25) is 14.4 Å². The number of halogens is 1. The molecule has 3 aromatic rings. The third kappa shape index (κ3) is 5.36. The Labute approximate surface area is 215 Å². The Balaban J connectivity index is 1.24. The molecule has 1 aliphatic carbocycles. The van der Waals surface area contributed by atoms with Crippen LogP contribution in [0.1, 0.15) is 65.7 Å². The summed E-state index contributed by atoms with van der Waals surface area (Å²) < 4.78 is 0. The number of aromatic nitrogens is 1. The summed E-state index contributed by atoms with van der Waals surface area (Å²) in [7, 11) is 0. The molecule has 2 fully saturated rings. The van der Waals surface area contributed by atoms with Gasteiger partial charge in [0, 0.05) is 47.2 Å². The van der Waals surface area contributed by atoms with Gasteiger partial charge in [0.05, 0.1) is 5.52 Å². The smallest absolute Gasteiger partial charge is 0.251 e. The highest BCUT2D eigenvalue weighted by Crippen LogP contribution is 2.23. The Morgan fingerprint density at radius 1 is 0.833 bits per heavy atom. The lowest BCUT2D eigenvalue weighted by atomic mass is 9.89. The molecule has 2 heterocycles. The minimum absolute atomic E-state index is 0.130. The predicted molar refractivity (Wildman–Crippen MR) is 140 cm³/mol. The van der Waals surface area contributed by atoms with E-state index in [-0.39, 0.29) is 29.8 Å². The first kappa shape index (κ1) is 24.3. The number of amides is 3. The van der Waals surface area contributed by atoms with Crippen molar-refractivity contribution in [3.8, 4) is 0 Å². The average molecular weight is 505 g/mol. The Morgan fingerprint density at radius 2 is 1.50 bits per heavy atom. The van der Waals surface area contributed by atoms with Gasteiger partial charge in [0.25, 0.3) is 11.8 Å². The number of fused-ring (bicyclic) bond motifs is 1. The number of pyridine rings is 1. The maximum Gasteiger partial charge on any atom is 0.251 e. The normalized spacial score (nSPS) is 20.2. The molecule has 2 unspecified atom stereocenters. The van der Waals surface area contributed by atoms with E-state index in [0.717, 1.165) is 61.7 Å². The number of carbonyl (C=O) groups is 3. The van der Waals surface area contributed by atoms with E-state index in [1.54, 1.807) is 41.3 Å². The maximum atomic E-state index is 13.0. The first-order valence-electron chi connectivity index (χ1n) is 12.6. The summed E-state index contributed by atoms with van der Waals surface area (Å²) in [4.78, 5) is 44.3. The van der Waals surface area contributed by atoms with Crippen LogP contribution < -0.4 is 15.5 Å². The third-order valence-electron chi connectivity index (χ3n) is 7.08. The topological polar surface area (TPSA) is 91.4 Å². The van der Waals surface area contributed by atoms with E-state index in [4.69, 9.17) is 11.6 Å². The van der Waals surface area contributed by atoms with E-state index in [2.05, 4.69) is 15.6 Å². The fraction of sp³-hybridized carbons (Fsp3) is 0.357. The van der Waals surface area contributed by atoms with Gasteiger partial charge in [0.15, 0.2) is 0 Å². The zero-order chi connectivity index (χ0) is 25.1. The summed E-state index contributed by atoms with van der Waals surface area (Å²) in [5, 5.41) is 7.51. The van der Waals surface area contributed by atoms with Crippen LogP contribution in [0.4, 0.5) is 5.69 Å². The zero-order valence-corrected chi connectivity index (χ0v) is 20.8. The van der Waals surface area contributed by atoms with Gasteiger partial charge in [-0.25, -0.2) is 4.98 Å². The molecule has 5 rings (SSSR count). The monoisotopic (exact) mass is 504 g/mol. The van der Waals surface area contributed by atoms with Crippen LogP contribution in [0.5, 0.6) is 0 Å². The zero-order valence-electron chi connectivity index (χ0n) is 20.0. The number of hydrogen-bond donors (Lipinski definition) is 2. The van der Waals surface area contributed by atoms with Crippen molar-refractivity contribution in [2.24, 2.45) is 0 Å². The highest BCUT2D eigenvalue weighted by atomic mass is 35.5. The van der Waals surface area contributed by atoms with Crippen LogP contribution >= 0.6 is 11.6 Å². The van der Waals surface area contributed by atoms with Crippen molar-refractivity contribution in [2.45, 2.75) is 57.0 Å². The molecule has 3 amide bonds. The predicted octanol–water partition coefficient (Wildman–Crippen LogP) is 4.88.